The van der Waals surface area contributed by atoms with Gasteiger partial charge in [-0.25, -0.2) is 0 Å². The lowest BCUT2D eigenvalue weighted by Gasteiger charge is -2.27. The lowest BCUT2D eigenvalue weighted by molar-refractivity contribution is 0.0258. The minimum absolute atomic E-state index is 0.0844. The maximum atomic E-state index is 5.78. The van der Waals surface area contributed by atoms with E-state index in [1.165, 1.54) is 5.56 Å². The molecule has 88 valence electrons. The van der Waals surface area contributed by atoms with Crippen LogP contribution in [-0.4, -0.2) is 26.8 Å². The number of hydrogen-bond acceptors (Lipinski definition) is 3. The van der Waals surface area contributed by atoms with E-state index < -0.39 is 0 Å². The third kappa shape index (κ3) is 2.24. The standard InChI is InChI=1S/C12H16BrNO2/c1-8-3-4-9(13)12(15-2)11(8)10-7-14-5-6-16-10/h3-4,10,14H,5-7H2,1-2H3. The highest BCUT2D eigenvalue weighted by atomic mass is 79.9. The van der Waals surface area contributed by atoms with Crippen molar-refractivity contribution in [3.63, 3.8) is 0 Å². The first kappa shape index (κ1) is 11.9. The van der Waals surface area contributed by atoms with Crippen LogP contribution >= 0.6 is 15.9 Å². The third-order valence-corrected chi connectivity index (χ3v) is 3.44. The van der Waals surface area contributed by atoms with Crippen LogP contribution in [0.5, 0.6) is 5.75 Å². The van der Waals surface area contributed by atoms with Crippen molar-refractivity contribution in [1.29, 1.82) is 0 Å². The fourth-order valence-corrected chi connectivity index (χ4v) is 2.54. The molecule has 0 aliphatic carbocycles. The lowest BCUT2D eigenvalue weighted by atomic mass is 10.0. The van der Waals surface area contributed by atoms with Crippen LogP contribution in [0.1, 0.15) is 17.2 Å². The Morgan fingerprint density at radius 1 is 1.50 bits per heavy atom. The minimum Gasteiger partial charge on any atom is -0.495 e. The van der Waals surface area contributed by atoms with Crippen molar-refractivity contribution in [3.05, 3.63) is 27.7 Å². The van der Waals surface area contributed by atoms with Crippen molar-refractivity contribution in [2.75, 3.05) is 26.8 Å². The monoisotopic (exact) mass is 285 g/mol. The van der Waals surface area contributed by atoms with E-state index in [9.17, 15) is 0 Å². The summed E-state index contributed by atoms with van der Waals surface area (Å²) in [7, 11) is 1.69. The van der Waals surface area contributed by atoms with E-state index in [2.05, 4.69) is 34.2 Å². The average molecular weight is 286 g/mol. The minimum atomic E-state index is 0.0844. The van der Waals surface area contributed by atoms with Crippen molar-refractivity contribution < 1.29 is 9.47 Å². The zero-order valence-corrected chi connectivity index (χ0v) is 11.1. The highest BCUT2D eigenvalue weighted by Crippen LogP contribution is 2.37. The summed E-state index contributed by atoms with van der Waals surface area (Å²) in [6.45, 7) is 4.60. The predicted octanol–water partition coefficient (Wildman–Crippen LogP) is 2.43. The normalized spacial score (nSPS) is 20.8. The summed E-state index contributed by atoms with van der Waals surface area (Å²) in [5, 5.41) is 3.34. The van der Waals surface area contributed by atoms with Crippen LogP contribution in [0.2, 0.25) is 0 Å². The van der Waals surface area contributed by atoms with Gasteiger partial charge in [-0.1, -0.05) is 6.07 Å². The van der Waals surface area contributed by atoms with Crippen LogP contribution in [0.4, 0.5) is 0 Å². The Hall–Kier alpha value is -0.580. The molecule has 1 aromatic rings. The summed E-state index contributed by atoms with van der Waals surface area (Å²) in [5.74, 6) is 0.883. The molecule has 1 unspecified atom stereocenters. The third-order valence-electron chi connectivity index (χ3n) is 2.82. The maximum absolute atomic E-state index is 5.78. The molecular weight excluding hydrogens is 270 g/mol. The Bertz CT molecular complexity index is 376. The average Bonchev–Trinajstić information content (AvgIpc) is 2.33. The number of morpholine rings is 1. The van der Waals surface area contributed by atoms with Crippen LogP contribution in [-0.2, 0) is 4.74 Å². The summed E-state index contributed by atoms with van der Waals surface area (Å²) in [6.07, 6.45) is 0.0844. The number of rotatable bonds is 2. The van der Waals surface area contributed by atoms with E-state index in [0.29, 0.717) is 0 Å². The summed E-state index contributed by atoms with van der Waals surface area (Å²) < 4.78 is 12.2. The van der Waals surface area contributed by atoms with Crippen molar-refractivity contribution in [3.8, 4) is 5.75 Å². The Morgan fingerprint density at radius 3 is 2.94 bits per heavy atom. The molecule has 0 amide bonds. The van der Waals surface area contributed by atoms with Crippen LogP contribution in [0, 0.1) is 6.92 Å². The van der Waals surface area contributed by atoms with Crippen LogP contribution in [0.15, 0.2) is 16.6 Å². The van der Waals surface area contributed by atoms with Crippen LogP contribution < -0.4 is 10.1 Å². The molecule has 0 radical (unpaired) electrons. The smallest absolute Gasteiger partial charge is 0.139 e. The Morgan fingerprint density at radius 2 is 2.31 bits per heavy atom. The van der Waals surface area contributed by atoms with E-state index in [0.717, 1.165) is 35.5 Å². The van der Waals surface area contributed by atoms with Crippen LogP contribution in [0.3, 0.4) is 0 Å². The summed E-state index contributed by atoms with van der Waals surface area (Å²) >= 11 is 3.51. The number of hydrogen-bond donors (Lipinski definition) is 1. The molecule has 2 rings (SSSR count). The molecule has 16 heavy (non-hydrogen) atoms. The summed E-state index contributed by atoms with van der Waals surface area (Å²) in [4.78, 5) is 0. The molecule has 1 atom stereocenters. The molecule has 1 aromatic carbocycles. The van der Waals surface area contributed by atoms with E-state index in [4.69, 9.17) is 9.47 Å². The maximum Gasteiger partial charge on any atom is 0.139 e. The molecule has 1 saturated heterocycles. The van der Waals surface area contributed by atoms with Gasteiger partial charge in [0.05, 0.1) is 24.3 Å². The topological polar surface area (TPSA) is 30.5 Å². The molecule has 0 aromatic heterocycles. The predicted molar refractivity (Wildman–Crippen MR) is 67.0 cm³/mol. The molecule has 0 spiro atoms. The van der Waals surface area contributed by atoms with Gasteiger partial charge in [-0.2, -0.15) is 0 Å². The lowest BCUT2D eigenvalue weighted by Crippen LogP contribution is -2.33. The van der Waals surface area contributed by atoms with Gasteiger partial charge < -0.3 is 14.8 Å². The summed E-state index contributed by atoms with van der Waals surface area (Å²) in [5.41, 5.74) is 2.35. The quantitative estimate of drug-likeness (QED) is 0.905. The van der Waals surface area contributed by atoms with Crippen molar-refractivity contribution in [2.24, 2.45) is 0 Å². The first-order valence-corrected chi connectivity index (χ1v) is 6.18. The number of ether oxygens (including phenoxy) is 2. The van der Waals surface area contributed by atoms with Gasteiger partial charge in [0.2, 0.25) is 0 Å². The first-order chi connectivity index (χ1) is 7.74. The van der Waals surface area contributed by atoms with Crippen molar-refractivity contribution in [2.45, 2.75) is 13.0 Å². The largest absolute Gasteiger partial charge is 0.495 e. The molecule has 1 aliphatic rings. The van der Waals surface area contributed by atoms with E-state index in [1.807, 2.05) is 6.07 Å². The molecule has 0 saturated carbocycles. The summed E-state index contributed by atoms with van der Waals surface area (Å²) in [6, 6.07) is 4.09. The molecule has 0 bridgehead atoms. The molecule has 1 N–H and O–H groups in total. The van der Waals surface area contributed by atoms with E-state index >= 15 is 0 Å². The van der Waals surface area contributed by atoms with E-state index in [-0.39, 0.29) is 6.10 Å². The fraction of sp³-hybridized carbons (Fsp3) is 0.500. The van der Waals surface area contributed by atoms with Gasteiger partial charge in [0.1, 0.15) is 5.75 Å². The number of nitrogens with one attached hydrogen (secondary N) is 1. The Balaban J connectivity index is 2.40. The van der Waals surface area contributed by atoms with Crippen LogP contribution in [0.25, 0.3) is 0 Å². The number of halogens is 1. The van der Waals surface area contributed by atoms with Gasteiger partial charge in [-0.15, -0.1) is 0 Å². The van der Waals surface area contributed by atoms with Gasteiger partial charge in [-0.3, -0.25) is 0 Å². The molecule has 1 aliphatic heterocycles. The van der Waals surface area contributed by atoms with Crippen molar-refractivity contribution in [1.82, 2.24) is 5.32 Å². The number of aryl methyl sites for hydroxylation is 1. The van der Waals surface area contributed by atoms with Gasteiger partial charge in [0.25, 0.3) is 0 Å². The fourth-order valence-electron chi connectivity index (χ4n) is 2.03. The zero-order chi connectivity index (χ0) is 11.5. The van der Waals surface area contributed by atoms with Gasteiger partial charge in [0, 0.05) is 18.7 Å². The molecule has 1 fully saturated rings. The zero-order valence-electron chi connectivity index (χ0n) is 9.55. The SMILES string of the molecule is COc1c(Br)ccc(C)c1C1CNCCO1. The van der Waals surface area contributed by atoms with Crippen molar-refractivity contribution >= 4 is 15.9 Å². The van der Waals surface area contributed by atoms with Gasteiger partial charge >= 0.3 is 0 Å². The van der Waals surface area contributed by atoms with E-state index in [1.54, 1.807) is 7.11 Å². The molecule has 3 nitrogen and oxygen atoms in total. The molecule has 4 heteroatoms. The second kappa shape index (κ2) is 5.17. The molecular formula is C12H16BrNO2. The number of benzene rings is 1. The second-order valence-electron chi connectivity index (χ2n) is 3.87. The Labute approximate surface area is 104 Å². The molecule has 1 heterocycles. The van der Waals surface area contributed by atoms with Gasteiger partial charge in [-0.05, 0) is 34.5 Å². The number of methoxy groups -OCH3 is 1. The second-order valence-corrected chi connectivity index (χ2v) is 4.73. The highest BCUT2D eigenvalue weighted by molar-refractivity contribution is 9.10. The first-order valence-electron chi connectivity index (χ1n) is 5.39. The van der Waals surface area contributed by atoms with Gasteiger partial charge in [0.15, 0.2) is 0 Å². The Kier molecular flexibility index (Phi) is 3.84. The highest BCUT2D eigenvalue weighted by Gasteiger charge is 2.22.